The van der Waals surface area contributed by atoms with Crippen LogP contribution in [-0.2, 0) is 9.53 Å². The molecule has 0 aliphatic carbocycles. The van der Waals surface area contributed by atoms with Crippen LogP contribution in [0.15, 0.2) is 0 Å². The molecule has 0 bridgehead atoms. The fourth-order valence-electron chi connectivity index (χ4n) is 1.49. The number of nitrogens with one attached hydrogen (secondary N) is 1. The molecule has 0 aromatic heterocycles. The summed E-state index contributed by atoms with van der Waals surface area (Å²) in [6.07, 6.45) is 1.15. The van der Waals surface area contributed by atoms with Crippen molar-refractivity contribution in [3.8, 4) is 0 Å². The average Bonchev–Trinajstić information content (AvgIpc) is 2.24. The number of ether oxygens (including phenoxy) is 1. The second-order valence-electron chi connectivity index (χ2n) is 4.58. The van der Waals surface area contributed by atoms with Gasteiger partial charge in [-0.1, -0.05) is 20.8 Å². The number of likely N-dealkylation sites (N-methyl/N-ethyl adjacent to an activating group) is 2. The maximum atomic E-state index is 11.5. The molecule has 0 saturated heterocycles. The van der Waals surface area contributed by atoms with Gasteiger partial charge in [0.05, 0.1) is 7.11 Å². The summed E-state index contributed by atoms with van der Waals surface area (Å²) in [6.45, 7) is 8.89. The van der Waals surface area contributed by atoms with Crippen LogP contribution in [0.4, 0.5) is 0 Å². The molecule has 0 amide bonds. The van der Waals surface area contributed by atoms with Crippen LogP contribution in [0.2, 0.25) is 0 Å². The predicted octanol–water partition coefficient (Wildman–Crippen LogP) is 1.12. The highest BCUT2D eigenvalue weighted by Gasteiger charge is 2.19. The van der Waals surface area contributed by atoms with E-state index in [1.165, 1.54) is 7.11 Å². The predicted molar refractivity (Wildman–Crippen MR) is 66.4 cm³/mol. The van der Waals surface area contributed by atoms with Gasteiger partial charge in [0.2, 0.25) is 0 Å². The number of rotatable bonds is 8. The molecule has 0 rings (SSSR count). The van der Waals surface area contributed by atoms with E-state index in [9.17, 15) is 4.79 Å². The lowest BCUT2D eigenvalue weighted by molar-refractivity contribution is -0.143. The Hall–Kier alpha value is -0.610. The number of methoxy groups -OCH3 is 1. The molecular weight excluding hydrogens is 204 g/mol. The quantitative estimate of drug-likeness (QED) is 0.634. The Labute approximate surface area is 99.3 Å². The maximum absolute atomic E-state index is 11.5. The zero-order valence-electron chi connectivity index (χ0n) is 11.2. The van der Waals surface area contributed by atoms with Crippen molar-refractivity contribution in [1.82, 2.24) is 10.2 Å². The summed E-state index contributed by atoms with van der Waals surface area (Å²) >= 11 is 0. The van der Waals surface area contributed by atoms with E-state index in [1.54, 1.807) is 0 Å². The first-order valence-electron chi connectivity index (χ1n) is 6.01. The van der Waals surface area contributed by atoms with Crippen molar-refractivity contribution in [1.29, 1.82) is 0 Å². The maximum Gasteiger partial charge on any atom is 0.324 e. The lowest BCUT2D eigenvalue weighted by atomic mass is 10.1. The van der Waals surface area contributed by atoms with E-state index in [2.05, 4.69) is 24.1 Å². The summed E-state index contributed by atoms with van der Waals surface area (Å²) in [6, 6.07) is -0.216. The van der Waals surface area contributed by atoms with Crippen molar-refractivity contribution in [2.45, 2.75) is 33.2 Å². The summed E-state index contributed by atoms with van der Waals surface area (Å²) in [7, 11) is 3.47. The van der Waals surface area contributed by atoms with Crippen molar-refractivity contribution in [3.63, 3.8) is 0 Å². The average molecular weight is 230 g/mol. The topological polar surface area (TPSA) is 41.6 Å². The van der Waals surface area contributed by atoms with Crippen LogP contribution in [-0.4, -0.2) is 50.7 Å². The van der Waals surface area contributed by atoms with Gasteiger partial charge in [-0.25, -0.2) is 0 Å². The summed E-state index contributed by atoms with van der Waals surface area (Å²) in [5.41, 5.74) is 0. The van der Waals surface area contributed by atoms with Crippen molar-refractivity contribution in [2.24, 2.45) is 5.92 Å². The van der Waals surface area contributed by atoms with Gasteiger partial charge in [-0.05, 0) is 32.5 Å². The van der Waals surface area contributed by atoms with Gasteiger partial charge in [-0.3, -0.25) is 4.79 Å². The minimum atomic E-state index is -0.216. The normalized spacial score (nSPS) is 13.2. The Morgan fingerprint density at radius 3 is 2.50 bits per heavy atom. The Morgan fingerprint density at radius 2 is 2.06 bits per heavy atom. The molecule has 1 N–H and O–H groups in total. The Kier molecular flexibility index (Phi) is 8.21. The second-order valence-corrected chi connectivity index (χ2v) is 4.58. The second kappa shape index (κ2) is 8.53. The van der Waals surface area contributed by atoms with E-state index in [-0.39, 0.29) is 12.0 Å². The fraction of sp³-hybridized carbons (Fsp3) is 0.917. The first-order chi connectivity index (χ1) is 7.51. The first kappa shape index (κ1) is 15.4. The number of nitrogens with zero attached hydrogens (tertiary/aromatic N) is 1. The van der Waals surface area contributed by atoms with Crippen LogP contribution in [0.1, 0.15) is 27.2 Å². The highest BCUT2D eigenvalue weighted by Crippen LogP contribution is 2.01. The van der Waals surface area contributed by atoms with E-state index in [0.29, 0.717) is 12.5 Å². The molecule has 1 unspecified atom stereocenters. The largest absolute Gasteiger partial charge is 0.468 e. The van der Waals surface area contributed by atoms with Crippen molar-refractivity contribution < 1.29 is 9.53 Å². The van der Waals surface area contributed by atoms with Gasteiger partial charge < -0.3 is 15.0 Å². The highest BCUT2D eigenvalue weighted by atomic mass is 16.5. The van der Waals surface area contributed by atoms with E-state index in [1.807, 2.05) is 14.0 Å². The first-order valence-corrected chi connectivity index (χ1v) is 6.01. The van der Waals surface area contributed by atoms with Gasteiger partial charge in [0.15, 0.2) is 0 Å². The SMILES string of the molecule is CCNC(CN(C)CCC(C)C)C(=O)OC. The van der Waals surface area contributed by atoms with Crippen LogP contribution in [0, 0.1) is 5.92 Å². The highest BCUT2D eigenvalue weighted by molar-refractivity contribution is 5.75. The zero-order chi connectivity index (χ0) is 12.6. The number of carbonyl (C=O) groups excluding carboxylic acids is 1. The molecule has 4 nitrogen and oxygen atoms in total. The molecule has 0 aliphatic heterocycles. The molecule has 0 saturated carbocycles. The summed E-state index contributed by atoms with van der Waals surface area (Å²) in [5, 5.41) is 3.14. The number of carbonyl (C=O) groups is 1. The van der Waals surface area contributed by atoms with Gasteiger partial charge in [-0.2, -0.15) is 0 Å². The zero-order valence-corrected chi connectivity index (χ0v) is 11.2. The van der Waals surface area contributed by atoms with E-state index in [4.69, 9.17) is 4.74 Å². The number of hydrogen-bond donors (Lipinski definition) is 1. The standard InChI is InChI=1S/C12H26N2O2/c1-6-13-11(12(15)16-5)9-14(4)8-7-10(2)3/h10-11,13H,6-9H2,1-5H3. The minimum Gasteiger partial charge on any atom is -0.468 e. The smallest absolute Gasteiger partial charge is 0.324 e. The van der Waals surface area contributed by atoms with E-state index in [0.717, 1.165) is 19.5 Å². The molecule has 0 heterocycles. The van der Waals surface area contributed by atoms with E-state index >= 15 is 0 Å². The molecule has 0 aromatic carbocycles. The molecule has 0 spiro atoms. The van der Waals surface area contributed by atoms with Crippen LogP contribution < -0.4 is 5.32 Å². The summed E-state index contributed by atoms with van der Waals surface area (Å²) in [4.78, 5) is 13.6. The van der Waals surface area contributed by atoms with Crippen LogP contribution in [0.25, 0.3) is 0 Å². The molecular formula is C12H26N2O2. The summed E-state index contributed by atoms with van der Waals surface area (Å²) < 4.78 is 4.76. The minimum absolute atomic E-state index is 0.182. The van der Waals surface area contributed by atoms with Crippen molar-refractivity contribution in [2.75, 3.05) is 33.8 Å². The molecule has 1 atom stereocenters. The van der Waals surface area contributed by atoms with Gasteiger partial charge in [0.1, 0.15) is 6.04 Å². The third kappa shape index (κ3) is 6.80. The molecule has 0 aromatic rings. The molecule has 0 aliphatic rings. The van der Waals surface area contributed by atoms with Gasteiger partial charge in [0, 0.05) is 6.54 Å². The summed E-state index contributed by atoms with van der Waals surface area (Å²) in [5.74, 6) is 0.511. The third-order valence-corrected chi connectivity index (χ3v) is 2.52. The van der Waals surface area contributed by atoms with E-state index < -0.39 is 0 Å². The third-order valence-electron chi connectivity index (χ3n) is 2.52. The van der Waals surface area contributed by atoms with Gasteiger partial charge in [-0.15, -0.1) is 0 Å². The lowest BCUT2D eigenvalue weighted by Gasteiger charge is -2.23. The molecule has 0 fully saturated rings. The molecule has 16 heavy (non-hydrogen) atoms. The van der Waals surface area contributed by atoms with Crippen LogP contribution in [0.3, 0.4) is 0 Å². The van der Waals surface area contributed by atoms with Crippen LogP contribution in [0.5, 0.6) is 0 Å². The lowest BCUT2D eigenvalue weighted by Crippen LogP contribution is -2.45. The number of hydrogen-bond acceptors (Lipinski definition) is 4. The van der Waals surface area contributed by atoms with Crippen molar-refractivity contribution in [3.05, 3.63) is 0 Å². The molecule has 0 radical (unpaired) electrons. The molecule has 96 valence electrons. The Bertz CT molecular complexity index is 195. The molecule has 4 heteroatoms. The fourth-order valence-corrected chi connectivity index (χ4v) is 1.49. The number of esters is 1. The monoisotopic (exact) mass is 230 g/mol. The van der Waals surface area contributed by atoms with Crippen molar-refractivity contribution >= 4 is 5.97 Å². The Morgan fingerprint density at radius 1 is 1.44 bits per heavy atom. The van der Waals surface area contributed by atoms with Crippen LogP contribution >= 0.6 is 0 Å². The van der Waals surface area contributed by atoms with Gasteiger partial charge >= 0.3 is 5.97 Å². The Balaban J connectivity index is 4.02. The van der Waals surface area contributed by atoms with Gasteiger partial charge in [0.25, 0.3) is 0 Å².